The Hall–Kier alpha value is -3.30. The van der Waals surface area contributed by atoms with Crippen molar-refractivity contribution >= 4 is 15.7 Å². The molecular formula is C20H17FN2O5S. The van der Waals surface area contributed by atoms with Crippen LogP contribution in [0.2, 0.25) is 0 Å². The number of nitro benzene ring substituents is 1. The summed E-state index contributed by atoms with van der Waals surface area (Å²) in [5.74, 6) is 0.269. The summed E-state index contributed by atoms with van der Waals surface area (Å²) in [5, 5.41) is 10.8. The monoisotopic (exact) mass is 416 g/mol. The van der Waals surface area contributed by atoms with E-state index in [0.29, 0.717) is 11.3 Å². The predicted octanol–water partition coefficient (Wildman–Crippen LogP) is 3.79. The van der Waals surface area contributed by atoms with Gasteiger partial charge in [-0.15, -0.1) is 0 Å². The molecule has 3 aromatic rings. The Kier molecular flexibility index (Phi) is 6.20. The Morgan fingerprint density at radius 3 is 2.28 bits per heavy atom. The van der Waals surface area contributed by atoms with E-state index in [4.69, 9.17) is 4.74 Å². The zero-order valence-electron chi connectivity index (χ0n) is 15.1. The van der Waals surface area contributed by atoms with Gasteiger partial charge in [-0.3, -0.25) is 10.1 Å². The average molecular weight is 416 g/mol. The molecule has 0 aromatic heterocycles. The van der Waals surface area contributed by atoms with Crippen molar-refractivity contribution in [3.63, 3.8) is 0 Å². The molecule has 0 saturated carbocycles. The number of hydrogen-bond acceptors (Lipinski definition) is 5. The fraction of sp³-hybridized carbons (Fsp3) is 0.100. The second-order valence-electron chi connectivity index (χ2n) is 6.14. The molecule has 0 aliphatic heterocycles. The van der Waals surface area contributed by atoms with Crippen LogP contribution in [0.15, 0.2) is 77.7 Å². The van der Waals surface area contributed by atoms with Crippen molar-refractivity contribution in [1.29, 1.82) is 0 Å². The van der Waals surface area contributed by atoms with Crippen LogP contribution in [-0.4, -0.2) is 13.3 Å². The van der Waals surface area contributed by atoms with E-state index in [1.807, 2.05) is 0 Å². The summed E-state index contributed by atoms with van der Waals surface area (Å²) in [6.45, 7) is 0.294. The minimum Gasteiger partial charge on any atom is -0.489 e. The number of rotatable bonds is 8. The third kappa shape index (κ3) is 5.59. The van der Waals surface area contributed by atoms with Crippen LogP contribution >= 0.6 is 0 Å². The Bertz CT molecular complexity index is 1100. The van der Waals surface area contributed by atoms with Crippen molar-refractivity contribution in [2.45, 2.75) is 18.0 Å². The summed E-state index contributed by atoms with van der Waals surface area (Å²) in [5.41, 5.74) is 1.21. The van der Waals surface area contributed by atoms with Crippen molar-refractivity contribution in [1.82, 2.24) is 4.72 Å². The van der Waals surface area contributed by atoms with Crippen LogP contribution in [-0.2, 0) is 23.2 Å². The minimum absolute atomic E-state index is 0.0171. The molecule has 3 rings (SSSR count). The highest BCUT2D eigenvalue weighted by atomic mass is 32.2. The molecule has 0 bridgehead atoms. The van der Waals surface area contributed by atoms with Crippen LogP contribution in [0.5, 0.6) is 5.75 Å². The maximum absolute atomic E-state index is 12.9. The molecule has 0 fully saturated rings. The summed E-state index contributed by atoms with van der Waals surface area (Å²) in [6, 6.07) is 17.6. The van der Waals surface area contributed by atoms with Gasteiger partial charge in [-0.05, 0) is 41.5 Å². The summed E-state index contributed by atoms with van der Waals surface area (Å²) in [4.78, 5) is 9.99. The van der Waals surface area contributed by atoms with E-state index in [1.54, 1.807) is 36.4 Å². The van der Waals surface area contributed by atoms with E-state index in [0.717, 1.165) is 11.6 Å². The maximum atomic E-state index is 12.9. The summed E-state index contributed by atoms with van der Waals surface area (Å²) in [6.07, 6.45) is 0. The van der Waals surface area contributed by atoms with E-state index in [1.165, 1.54) is 30.3 Å². The number of non-ortho nitro benzene ring substituents is 1. The van der Waals surface area contributed by atoms with Gasteiger partial charge in [-0.2, -0.15) is 0 Å². The molecule has 7 nitrogen and oxygen atoms in total. The van der Waals surface area contributed by atoms with Gasteiger partial charge in [-0.25, -0.2) is 17.5 Å². The van der Waals surface area contributed by atoms with Crippen LogP contribution in [0.4, 0.5) is 10.1 Å². The molecule has 9 heteroatoms. The Balaban J connectivity index is 1.58. The van der Waals surface area contributed by atoms with Gasteiger partial charge < -0.3 is 4.74 Å². The molecule has 0 unspecified atom stereocenters. The van der Waals surface area contributed by atoms with Gasteiger partial charge in [0, 0.05) is 18.7 Å². The van der Waals surface area contributed by atoms with Crippen molar-refractivity contribution in [3.8, 4) is 5.75 Å². The highest BCUT2D eigenvalue weighted by molar-refractivity contribution is 7.89. The first-order valence-corrected chi connectivity index (χ1v) is 10.0. The molecule has 0 aliphatic carbocycles. The molecule has 0 spiro atoms. The van der Waals surface area contributed by atoms with Gasteiger partial charge >= 0.3 is 0 Å². The number of hydrogen-bond donors (Lipinski definition) is 1. The van der Waals surface area contributed by atoms with Crippen LogP contribution in [0.25, 0.3) is 0 Å². The molecule has 0 atom stereocenters. The number of benzene rings is 3. The molecule has 0 aliphatic rings. The first-order valence-electron chi connectivity index (χ1n) is 8.54. The molecule has 0 amide bonds. The lowest BCUT2D eigenvalue weighted by Crippen LogP contribution is -2.23. The van der Waals surface area contributed by atoms with E-state index in [9.17, 15) is 22.9 Å². The van der Waals surface area contributed by atoms with Gasteiger partial charge in [0.2, 0.25) is 10.0 Å². The van der Waals surface area contributed by atoms with Crippen molar-refractivity contribution in [3.05, 3.63) is 99.9 Å². The number of nitrogens with zero attached hydrogens (tertiary/aromatic N) is 1. The van der Waals surface area contributed by atoms with Gasteiger partial charge in [0.1, 0.15) is 18.2 Å². The van der Waals surface area contributed by atoms with E-state index < -0.39 is 14.9 Å². The van der Waals surface area contributed by atoms with Gasteiger partial charge in [0.15, 0.2) is 0 Å². The van der Waals surface area contributed by atoms with Crippen LogP contribution < -0.4 is 9.46 Å². The number of sulfonamides is 1. The first-order chi connectivity index (χ1) is 13.8. The third-order valence-electron chi connectivity index (χ3n) is 4.05. The SMILES string of the molecule is O=[N+]([O-])c1cccc(S(=O)(=O)NCc2ccc(OCc3ccc(F)cc3)cc2)c1. The standard InChI is InChI=1S/C20H17FN2O5S/c21-17-8-4-16(5-9-17)14-28-19-10-6-15(7-11-19)13-22-29(26,27)20-3-1-2-18(12-20)23(24)25/h1-12,22H,13-14H2. The topological polar surface area (TPSA) is 98.5 Å². The summed E-state index contributed by atoms with van der Waals surface area (Å²) < 4.78 is 45.6. The van der Waals surface area contributed by atoms with E-state index >= 15 is 0 Å². The lowest BCUT2D eigenvalue weighted by Gasteiger charge is -2.09. The number of halogens is 1. The number of nitrogens with one attached hydrogen (secondary N) is 1. The second kappa shape index (κ2) is 8.80. The third-order valence-corrected chi connectivity index (χ3v) is 5.45. The Morgan fingerprint density at radius 2 is 1.62 bits per heavy atom. The molecule has 150 valence electrons. The first kappa shape index (κ1) is 20.4. The largest absolute Gasteiger partial charge is 0.489 e. The quantitative estimate of drug-likeness (QED) is 0.445. The summed E-state index contributed by atoms with van der Waals surface area (Å²) in [7, 11) is -3.89. The molecule has 29 heavy (non-hydrogen) atoms. The molecule has 0 heterocycles. The number of ether oxygens (including phenoxy) is 1. The van der Waals surface area contributed by atoms with Crippen LogP contribution in [0.3, 0.4) is 0 Å². The molecular weight excluding hydrogens is 399 g/mol. The van der Waals surface area contributed by atoms with E-state index in [2.05, 4.69) is 4.72 Å². The maximum Gasteiger partial charge on any atom is 0.270 e. The second-order valence-corrected chi connectivity index (χ2v) is 7.91. The van der Waals surface area contributed by atoms with Crippen molar-refractivity contribution < 1.29 is 22.5 Å². The van der Waals surface area contributed by atoms with Gasteiger partial charge in [0.05, 0.1) is 9.82 Å². The van der Waals surface area contributed by atoms with Gasteiger partial charge in [0.25, 0.3) is 5.69 Å². The summed E-state index contributed by atoms with van der Waals surface area (Å²) >= 11 is 0. The zero-order chi connectivity index (χ0) is 20.9. The smallest absolute Gasteiger partial charge is 0.270 e. The molecule has 3 aromatic carbocycles. The zero-order valence-corrected chi connectivity index (χ0v) is 15.9. The van der Waals surface area contributed by atoms with Crippen LogP contribution in [0.1, 0.15) is 11.1 Å². The fourth-order valence-corrected chi connectivity index (χ4v) is 3.53. The minimum atomic E-state index is -3.89. The van der Waals surface area contributed by atoms with E-state index in [-0.39, 0.29) is 29.6 Å². The lowest BCUT2D eigenvalue weighted by molar-refractivity contribution is -0.385. The Morgan fingerprint density at radius 1 is 0.966 bits per heavy atom. The normalized spacial score (nSPS) is 11.2. The number of nitro groups is 1. The molecule has 1 N–H and O–H groups in total. The molecule has 0 radical (unpaired) electrons. The molecule has 0 saturated heterocycles. The Labute approximate surface area is 167 Å². The predicted molar refractivity (Wildman–Crippen MR) is 104 cm³/mol. The highest BCUT2D eigenvalue weighted by Crippen LogP contribution is 2.18. The van der Waals surface area contributed by atoms with Crippen LogP contribution in [0, 0.1) is 15.9 Å². The van der Waals surface area contributed by atoms with Crippen molar-refractivity contribution in [2.75, 3.05) is 0 Å². The van der Waals surface area contributed by atoms with Gasteiger partial charge in [-0.1, -0.05) is 30.3 Å². The average Bonchev–Trinajstić information content (AvgIpc) is 2.73. The highest BCUT2D eigenvalue weighted by Gasteiger charge is 2.17. The lowest BCUT2D eigenvalue weighted by atomic mass is 10.2. The fourth-order valence-electron chi connectivity index (χ4n) is 2.48. The van der Waals surface area contributed by atoms with Crippen molar-refractivity contribution in [2.24, 2.45) is 0 Å².